The summed E-state index contributed by atoms with van der Waals surface area (Å²) in [6.07, 6.45) is 0. The van der Waals surface area contributed by atoms with Crippen LogP contribution in [-0.2, 0) is 0 Å². The Morgan fingerprint density at radius 2 is 1.95 bits per heavy atom. The molecule has 7 heteroatoms. The maximum Gasteiger partial charge on any atom is 0.260 e. The molecular weight excluding hydrogens is 286 g/mol. The van der Waals surface area contributed by atoms with Gasteiger partial charge >= 0.3 is 0 Å². The van der Waals surface area contributed by atoms with E-state index in [1.165, 1.54) is 13.0 Å². The van der Waals surface area contributed by atoms with Crippen LogP contribution in [0.4, 0.5) is 14.5 Å². The van der Waals surface area contributed by atoms with Crippen molar-refractivity contribution in [3.63, 3.8) is 0 Å². The van der Waals surface area contributed by atoms with Crippen molar-refractivity contribution < 1.29 is 18.4 Å². The number of primary amides is 1. The molecule has 0 unspecified atom stereocenters. The van der Waals surface area contributed by atoms with Crippen LogP contribution in [0.25, 0.3) is 0 Å². The van der Waals surface area contributed by atoms with E-state index in [-0.39, 0.29) is 16.1 Å². The van der Waals surface area contributed by atoms with Crippen LogP contribution >= 0.6 is 11.3 Å². The highest BCUT2D eigenvalue weighted by molar-refractivity contribution is 7.12. The van der Waals surface area contributed by atoms with Crippen LogP contribution in [0, 0.1) is 18.6 Å². The number of carbonyl (C=O) groups is 2. The Balaban J connectivity index is 2.31. The van der Waals surface area contributed by atoms with E-state index in [9.17, 15) is 18.4 Å². The average Bonchev–Trinajstić information content (AvgIpc) is 2.81. The number of anilines is 1. The zero-order valence-electron chi connectivity index (χ0n) is 10.4. The second-order valence-electron chi connectivity index (χ2n) is 4.06. The third kappa shape index (κ3) is 2.67. The second kappa shape index (κ2) is 5.38. The van der Waals surface area contributed by atoms with Crippen molar-refractivity contribution >= 4 is 28.8 Å². The van der Waals surface area contributed by atoms with Gasteiger partial charge in [-0.05, 0) is 36.1 Å². The summed E-state index contributed by atoms with van der Waals surface area (Å²) in [5.74, 6) is -3.07. The van der Waals surface area contributed by atoms with Gasteiger partial charge in [-0.1, -0.05) is 0 Å². The summed E-state index contributed by atoms with van der Waals surface area (Å²) in [5.41, 5.74) is 4.98. The number of halogens is 2. The molecule has 0 radical (unpaired) electrons. The zero-order valence-corrected chi connectivity index (χ0v) is 11.2. The molecule has 3 N–H and O–H groups in total. The molecule has 2 rings (SSSR count). The molecule has 4 nitrogen and oxygen atoms in total. The fourth-order valence-corrected chi connectivity index (χ4v) is 2.31. The molecule has 0 atom stereocenters. The largest absolute Gasteiger partial charge is 0.365 e. The van der Waals surface area contributed by atoms with Crippen LogP contribution in [-0.4, -0.2) is 11.8 Å². The van der Waals surface area contributed by atoms with Crippen molar-refractivity contribution in [1.29, 1.82) is 0 Å². The minimum Gasteiger partial charge on any atom is -0.365 e. The molecule has 0 fully saturated rings. The Kier molecular flexibility index (Phi) is 3.80. The summed E-state index contributed by atoms with van der Waals surface area (Å²) in [5, 5.41) is 3.90. The molecule has 0 spiro atoms. The number of carbonyl (C=O) groups excluding carboxylic acids is 2. The van der Waals surface area contributed by atoms with Gasteiger partial charge in [0.2, 0.25) is 0 Å². The molecule has 2 amide bonds. The van der Waals surface area contributed by atoms with Crippen LogP contribution in [0.3, 0.4) is 0 Å². The van der Waals surface area contributed by atoms with E-state index in [0.717, 1.165) is 23.5 Å². The minimum atomic E-state index is -0.845. The second-order valence-corrected chi connectivity index (χ2v) is 4.98. The summed E-state index contributed by atoms with van der Waals surface area (Å²) in [4.78, 5) is 23.2. The molecule has 2 aromatic rings. The van der Waals surface area contributed by atoms with E-state index >= 15 is 0 Å². The van der Waals surface area contributed by atoms with Gasteiger partial charge in [-0.3, -0.25) is 9.59 Å². The van der Waals surface area contributed by atoms with Crippen LogP contribution in [0.15, 0.2) is 23.6 Å². The van der Waals surface area contributed by atoms with Gasteiger partial charge in [-0.25, -0.2) is 8.78 Å². The monoisotopic (exact) mass is 296 g/mol. The average molecular weight is 296 g/mol. The lowest BCUT2D eigenvalue weighted by Gasteiger charge is -2.07. The van der Waals surface area contributed by atoms with E-state index in [4.69, 9.17) is 5.73 Å². The van der Waals surface area contributed by atoms with Gasteiger partial charge in [-0.15, -0.1) is 11.3 Å². The number of hydrogen-bond donors (Lipinski definition) is 2. The lowest BCUT2D eigenvalue weighted by atomic mass is 10.1. The molecule has 1 aromatic carbocycles. The molecule has 0 aliphatic rings. The third-order valence-corrected chi connectivity index (χ3v) is 3.56. The van der Waals surface area contributed by atoms with Gasteiger partial charge in [0.05, 0.1) is 11.3 Å². The van der Waals surface area contributed by atoms with Crippen LogP contribution in [0.1, 0.15) is 25.6 Å². The number of aryl methyl sites for hydroxylation is 1. The summed E-state index contributed by atoms with van der Waals surface area (Å²) in [6.45, 7) is 1.39. The van der Waals surface area contributed by atoms with E-state index in [0.29, 0.717) is 0 Å². The fraction of sp³-hybridized carbons (Fsp3) is 0.0769. The van der Waals surface area contributed by atoms with Crippen molar-refractivity contribution in [3.05, 3.63) is 51.2 Å². The predicted molar refractivity (Wildman–Crippen MR) is 71.9 cm³/mol. The molecule has 0 aliphatic heterocycles. The topological polar surface area (TPSA) is 72.2 Å². The molecule has 0 saturated carbocycles. The van der Waals surface area contributed by atoms with Gasteiger partial charge in [0, 0.05) is 0 Å². The number of benzene rings is 1. The van der Waals surface area contributed by atoms with Gasteiger partial charge in [0.25, 0.3) is 11.8 Å². The molecule has 1 heterocycles. The van der Waals surface area contributed by atoms with Crippen molar-refractivity contribution in [3.8, 4) is 0 Å². The first kappa shape index (κ1) is 14.1. The van der Waals surface area contributed by atoms with Gasteiger partial charge < -0.3 is 11.1 Å². The number of hydrogen-bond acceptors (Lipinski definition) is 3. The highest BCUT2D eigenvalue weighted by Gasteiger charge is 2.18. The normalized spacial score (nSPS) is 10.3. The molecule has 104 valence electrons. The highest BCUT2D eigenvalue weighted by Crippen LogP contribution is 2.23. The number of rotatable bonds is 3. The standard InChI is InChI=1S/C13H10F2N2O2S/c1-6-4-9(15)7(5-8(6)14)13(19)17-10-2-3-20-11(10)12(16)18/h2-5H,1H3,(H2,16,18)(H,17,19). The number of nitrogens with one attached hydrogen (secondary N) is 1. The Bertz CT molecular complexity index is 698. The molecule has 20 heavy (non-hydrogen) atoms. The van der Waals surface area contributed by atoms with E-state index in [1.807, 2.05) is 0 Å². The molecule has 0 saturated heterocycles. The summed E-state index contributed by atoms with van der Waals surface area (Å²) >= 11 is 1.05. The van der Waals surface area contributed by atoms with Crippen LogP contribution < -0.4 is 11.1 Å². The lowest BCUT2D eigenvalue weighted by molar-refractivity contribution is 0.100. The molecular formula is C13H10F2N2O2S. The molecule has 1 aromatic heterocycles. The van der Waals surface area contributed by atoms with Crippen LogP contribution in [0.5, 0.6) is 0 Å². The third-order valence-electron chi connectivity index (χ3n) is 2.63. The quantitative estimate of drug-likeness (QED) is 0.914. The first-order chi connectivity index (χ1) is 9.40. The van der Waals surface area contributed by atoms with Crippen molar-refractivity contribution in [2.24, 2.45) is 5.73 Å². The van der Waals surface area contributed by atoms with Crippen LogP contribution in [0.2, 0.25) is 0 Å². The van der Waals surface area contributed by atoms with Crippen molar-refractivity contribution in [2.75, 3.05) is 5.32 Å². The van der Waals surface area contributed by atoms with Gasteiger partial charge in [0.15, 0.2) is 0 Å². The summed E-state index contributed by atoms with van der Waals surface area (Å²) < 4.78 is 27.0. The molecule has 0 aliphatic carbocycles. The minimum absolute atomic E-state index is 0.104. The van der Waals surface area contributed by atoms with E-state index < -0.39 is 29.0 Å². The highest BCUT2D eigenvalue weighted by atomic mass is 32.1. The first-order valence-electron chi connectivity index (χ1n) is 5.54. The van der Waals surface area contributed by atoms with E-state index in [2.05, 4.69) is 5.32 Å². The van der Waals surface area contributed by atoms with Gasteiger partial charge in [0.1, 0.15) is 16.5 Å². The van der Waals surface area contributed by atoms with Crippen molar-refractivity contribution in [2.45, 2.75) is 6.92 Å². The first-order valence-corrected chi connectivity index (χ1v) is 6.42. The predicted octanol–water partition coefficient (Wildman–Crippen LogP) is 2.69. The van der Waals surface area contributed by atoms with E-state index in [1.54, 1.807) is 5.38 Å². The molecule has 0 bridgehead atoms. The summed E-state index contributed by atoms with van der Waals surface area (Å²) in [7, 11) is 0. The Hall–Kier alpha value is -2.28. The van der Waals surface area contributed by atoms with Crippen molar-refractivity contribution in [1.82, 2.24) is 0 Å². The number of nitrogens with two attached hydrogens (primary N) is 1. The smallest absolute Gasteiger partial charge is 0.260 e. The number of thiophene rings is 1. The Morgan fingerprint density at radius 1 is 1.25 bits per heavy atom. The lowest BCUT2D eigenvalue weighted by Crippen LogP contribution is -2.17. The fourth-order valence-electron chi connectivity index (χ4n) is 1.61. The van der Waals surface area contributed by atoms with Gasteiger partial charge in [-0.2, -0.15) is 0 Å². The summed E-state index contributed by atoms with van der Waals surface area (Å²) in [6, 6.07) is 3.22. The zero-order chi connectivity index (χ0) is 14.9. The Labute approximate surface area is 117 Å². The SMILES string of the molecule is Cc1cc(F)c(C(=O)Nc2ccsc2C(N)=O)cc1F. The Morgan fingerprint density at radius 3 is 2.60 bits per heavy atom. The maximum atomic E-state index is 13.7. The maximum absolute atomic E-state index is 13.7. The number of amides is 2.